The molecule has 1 atom stereocenters. The summed E-state index contributed by atoms with van der Waals surface area (Å²) in [5, 5.41) is 2.54. The van der Waals surface area contributed by atoms with Crippen LogP contribution in [-0.2, 0) is 25.5 Å². The first-order valence-corrected chi connectivity index (χ1v) is 13.9. The molecule has 1 aromatic carbocycles. The van der Waals surface area contributed by atoms with Gasteiger partial charge >= 0.3 is 11.8 Å². The number of aromatic nitrogens is 1. The van der Waals surface area contributed by atoms with E-state index in [-0.39, 0.29) is 24.8 Å². The van der Waals surface area contributed by atoms with Crippen molar-refractivity contribution in [3.05, 3.63) is 34.3 Å². The number of rotatable bonds is 13. The highest BCUT2D eigenvalue weighted by Crippen LogP contribution is 2.22. The zero-order valence-electron chi connectivity index (χ0n) is 25.3. The van der Waals surface area contributed by atoms with E-state index in [9.17, 15) is 19.2 Å². The molecule has 0 spiro atoms. The molecular weight excluding hydrogens is 502 g/mol. The molecule has 222 valence electrons. The van der Waals surface area contributed by atoms with E-state index in [2.05, 4.69) is 5.32 Å². The maximum Gasteiger partial charge on any atom is 0.420 e. The number of ether oxygens (including phenoxy) is 2. The first-order chi connectivity index (χ1) is 18.6. The van der Waals surface area contributed by atoms with Crippen molar-refractivity contribution in [1.82, 2.24) is 14.8 Å². The van der Waals surface area contributed by atoms with E-state index in [4.69, 9.17) is 13.9 Å². The van der Waals surface area contributed by atoms with E-state index < -0.39 is 17.4 Å². The molecule has 0 aliphatic carbocycles. The summed E-state index contributed by atoms with van der Waals surface area (Å²) in [6, 6.07) is 4.64. The molecule has 1 heterocycles. The molecule has 0 fully saturated rings. The molecule has 1 aromatic heterocycles. The quantitative estimate of drug-likeness (QED) is 0.271. The third-order valence-electron chi connectivity index (χ3n) is 5.34. The molecule has 0 aliphatic heterocycles. The van der Waals surface area contributed by atoms with Gasteiger partial charge in [0.05, 0.1) is 5.52 Å². The Balaban J connectivity index is 0.00000344. The minimum Gasteiger partial charge on any atom is -0.444 e. The Morgan fingerprint density at radius 1 is 1.13 bits per heavy atom. The van der Waals surface area contributed by atoms with Crippen LogP contribution in [0.1, 0.15) is 85.8 Å². The van der Waals surface area contributed by atoms with Crippen molar-refractivity contribution in [2.24, 2.45) is 0 Å². The van der Waals surface area contributed by atoms with Crippen LogP contribution in [0.3, 0.4) is 0 Å². The number of likely N-dealkylation sites (N-methyl/N-ethyl adjacent to an activating group) is 1. The number of hydrogen-bond donors (Lipinski definition) is 1. The summed E-state index contributed by atoms with van der Waals surface area (Å²) in [5.74, 6) is -0.980. The summed E-state index contributed by atoms with van der Waals surface area (Å²) < 4.78 is 17.7. The minimum atomic E-state index is -0.812. The van der Waals surface area contributed by atoms with Gasteiger partial charge in [0.1, 0.15) is 17.9 Å². The number of carbonyl (C=O) groups excluding carboxylic acids is 3. The Morgan fingerprint density at radius 2 is 1.77 bits per heavy atom. The molecule has 1 unspecified atom stereocenters. The SMILES string of the molecule is CC.CC.CNC(=O)C(CCC=O)n1c(=O)oc2cc(CCCOCCCN(C)C(=O)OC(C)(C)C)ccc21. The fourth-order valence-electron chi connectivity index (χ4n) is 3.62. The standard InChI is InChI=1S/C25H37N3O7.2C2H6/c1-25(2,3)35-23(31)27(5)13-8-16-33-15-7-9-18-11-12-19-21(17-18)34-24(32)28(19)20(10-6-14-29)22(30)26-4;2*1-2/h11-12,14,17,20H,6-10,13,15-16H2,1-5H3,(H,26,30);2*1-2H3. The molecule has 0 saturated carbocycles. The van der Waals surface area contributed by atoms with Crippen LogP contribution in [0, 0.1) is 0 Å². The van der Waals surface area contributed by atoms with Crippen molar-refractivity contribution in [3.8, 4) is 0 Å². The van der Waals surface area contributed by atoms with Gasteiger partial charge in [0.2, 0.25) is 5.91 Å². The Labute approximate surface area is 233 Å². The van der Waals surface area contributed by atoms with Crippen molar-refractivity contribution in [2.75, 3.05) is 33.9 Å². The average molecular weight is 552 g/mol. The zero-order valence-corrected chi connectivity index (χ0v) is 25.3. The number of hydrogen-bond acceptors (Lipinski definition) is 7. The Hall–Kier alpha value is -3.14. The molecule has 2 amide bonds. The highest BCUT2D eigenvalue weighted by molar-refractivity contribution is 5.83. The van der Waals surface area contributed by atoms with Crippen LogP contribution >= 0.6 is 0 Å². The molecule has 1 N–H and O–H groups in total. The summed E-state index contributed by atoms with van der Waals surface area (Å²) in [4.78, 5) is 49.0. The van der Waals surface area contributed by atoms with Crippen molar-refractivity contribution >= 4 is 29.4 Å². The molecule has 10 nitrogen and oxygen atoms in total. The van der Waals surface area contributed by atoms with Crippen molar-refractivity contribution < 1.29 is 28.3 Å². The lowest BCUT2D eigenvalue weighted by Crippen LogP contribution is -2.35. The molecule has 39 heavy (non-hydrogen) atoms. The fraction of sp³-hybridized carbons (Fsp3) is 0.655. The highest BCUT2D eigenvalue weighted by atomic mass is 16.6. The monoisotopic (exact) mass is 551 g/mol. The second-order valence-corrected chi connectivity index (χ2v) is 9.39. The fourth-order valence-corrected chi connectivity index (χ4v) is 3.62. The predicted octanol–water partition coefficient (Wildman–Crippen LogP) is 5.12. The molecule has 10 heteroatoms. The largest absolute Gasteiger partial charge is 0.444 e. The first kappa shape index (κ1) is 35.9. The molecule has 0 aliphatic rings. The number of fused-ring (bicyclic) bond motifs is 1. The lowest BCUT2D eigenvalue weighted by atomic mass is 10.1. The second kappa shape index (κ2) is 19.0. The normalized spacial score (nSPS) is 11.4. The summed E-state index contributed by atoms with van der Waals surface area (Å²) in [6.45, 7) is 15.1. The molecular formula is C29H49N3O7. The van der Waals surface area contributed by atoms with Crippen LogP contribution in [0.25, 0.3) is 11.1 Å². The topological polar surface area (TPSA) is 120 Å². The zero-order chi connectivity index (χ0) is 30.0. The van der Waals surface area contributed by atoms with E-state index in [0.29, 0.717) is 37.3 Å². The van der Waals surface area contributed by atoms with Gasteiger partial charge in [-0.25, -0.2) is 9.59 Å². The molecule has 2 rings (SSSR count). The van der Waals surface area contributed by atoms with Crippen molar-refractivity contribution in [2.45, 2.75) is 92.2 Å². The van der Waals surface area contributed by atoms with Gasteiger partial charge in [0, 0.05) is 40.3 Å². The molecule has 2 aromatic rings. The van der Waals surface area contributed by atoms with Gasteiger partial charge in [-0.15, -0.1) is 0 Å². The lowest BCUT2D eigenvalue weighted by molar-refractivity contribution is -0.124. The summed E-state index contributed by atoms with van der Waals surface area (Å²) >= 11 is 0. The molecule has 0 bridgehead atoms. The van der Waals surface area contributed by atoms with Gasteiger partial charge in [-0.2, -0.15) is 0 Å². The predicted molar refractivity (Wildman–Crippen MR) is 154 cm³/mol. The van der Waals surface area contributed by atoms with Crippen LogP contribution < -0.4 is 11.1 Å². The van der Waals surface area contributed by atoms with Gasteiger partial charge in [-0.3, -0.25) is 9.36 Å². The smallest absolute Gasteiger partial charge is 0.420 e. The molecule has 0 radical (unpaired) electrons. The van der Waals surface area contributed by atoms with Crippen LogP contribution in [0.15, 0.2) is 27.4 Å². The number of aldehydes is 1. The van der Waals surface area contributed by atoms with E-state index >= 15 is 0 Å². The highest BCUT2D eigenvalue weighted by Gasteiger charge is 2.24. The van der Waals surface area contributed by atoms with E-state index in [1.165, 1.54) is 16.5 Å². The number of aryl methyl sites for hydroxylation is 1. The number of oxazole rings is 1. The van der Waals surface area contributed by atoms with E-state index in [1.54, 1.807) is 19.2 Å². The van der Waals surface area contributed by atoms with Gasteiger partial charge in [-0.05, 0) is 64.2 Å². The number of benzene rings is 1. The van der Waals surface area contributed by atoms with Crippen LogP contribution in [0.2, 0.25) is 0 Å². The van der Waals surface area contributed by atoms with Crippen molar-refractivity contribution in [3.63, 3.8) is 0 Å². The van der Waals surface area contributed by atoms with Crippen LogP contribution in [0.4, 0.5) is 4.79 Å². The van der Waals surface area contributed by atoms with Gasteiger partial charge in [-0.1, -0.05) is 33.8 Å². The lowest BCUT2D eigenvalue weighted by Gasteiger charge is -2.24. The third-order valence-corrected chi connectivity index (χ3v) is 5.34. The third kappa shape index (κ3) is 12.5. The summed E-state index contributed by atoms with van der Waals surface area (Å²) in [7, 11) is 3.19. The average Bonchev–Trinajstić information content (AvgIpc) is 3.24. The summed E-state index contributed by atoms with van der Waals surface area (Å²) in [5.41, 5.74) is 1.39. The van der Waals surface area contributed by atoms with Crippen LogP contribution in [0.5, 0.6) is 0 Å². The van der Waals surface area contributed by atoms with Gasteiger partial charge < -0.3 is 28.9 Å². The minimum absolute atomic E-state index is 0.159. The van der Waals surface area contributed by atoms with Gasteiger partial charge in [0.25, 0.3) is 0 Å². The second-order valence-electron chi connectivity index (χ2n) is 9.39. The first-order valence-electron chi connectivity index (χ1n) is 13.9. The van der Waals surface area contributed by atoms with Gasteiger partial charge in [0.15, 0.2) is 5.58 Å². The van der Waals surface area contributed by atoms with Crippen LogP contribution in [-0.4, -0.2) is 67.2 Å². The number of amides is 2. The Bertz CT molecular complexity index is 1050. The molecule has 0 saturated heterocycles. The van der Waals surface area contributed by atoms with Crippen molar-refractivity contribution in [1.29, 1.82) is 0 Å². The number of nitrogens with one attached hydrogen (secondary N) is 1. The Morgan fingerprint density at radius 3 is 2.36 bits per heavy atom. The Kier molecular flexibility index (Phi) is 17.5. The summed E-state index contributed by atoms with van der Waals surface area (Å²) in [6.07, 6.45) is 2.96. The van der Waals surface area contributed by atoms with E-state index in [0.717, 1.165) is 24.7 Å². The maximum atomic E-state index is 12.5. The maximum absolute atomic E-state index is 12.5. The number of nitrogens with zero attached hydrogens (tertiary/aromatic N) is 2. The number of carbonyl (C=O) groups is 3. The van der Waals surface area contributed by atoms with E-state index in [1.807, 2.05) is 54.5 Å².